The first-order chi connectivity index (χ1) is 14.5. The van der Waals surface area contributed by atoms with Crippen molar-refractivity contribution >= 4 is 17.7 Å². The van der Waals surface area contributed by atoms with E-state index in [1.165, 1.54) is 0 Å². The molecule has 9 heteroatoms. The van der Waals surface area contributed by atoms with Gasteiger partial charge < -0.3 is 24.7 Å². The summed E-state index contributed by atoms with van der Waals surface area (Å²) in [5.74, 6) is 3.91. The Kier molecular flexibility index (Phi) is 9.79. The van der Waals surface area contributed by atoms with Gasteiger partial charge in [-0.25, -0.2) is 0 Å². The maximum Gasteiger partial charge on any atom is 0.191 e. The van der Waals surface area contributed by atoms with Gasteiger partial charge in [-0.1, -0.05) is 25.6 Å². The predicted octanol–water partition coefficient (Wildman–Crippen LogP) is 2.97. The number of guanidine groups is 1. The molecule has 2 N–H and O–H groups in total. The van der Waals surface area contributed by atoms with E-state index in [0.29, 0.717) is 12.5 Å². The molecule has 1 aromatic heterocycles. The fourth-order valence-corrected chi connectivity index (χ4v) is 3.58. The van der Waals surface area contributed by atoms with Crippen LogP contribution in [-0.4, -0.2) is 54.8 Å². The summed E-state index contributed by atoms with van der Waals surface area (Å²) in [6, 6.07) is 5.79. The summed E-state index contributed by atoms with van der Waals surface area (Å²) in [5.41, 5.74) is 1.03. The molecule has 0 radical (unpaired) electrons. The van der Waals surface area contributed by atoms with Crippen molar-refractivity contribution in [1.82, 2.24) is 25.4 Å². The van der Waals surface area contributed by atoms with E-state index in [0.717, 1.165) is 59.9 Å². The number of thioether (sulfide) groups is 1. The van der Waals surface area contributed by atoms with E-state index in [2.05, 4.69) is 44.2 Å². The molecule has 2 aromatic rings. The highest BCUT2D eigenvalue weighted by Crippen LogP contribution is 2.24. The van der Waals surface area contributed by atoms with E-state index in [1.807, 2.05) is 24.5 Å². The molecule has 0 saturated carbocycles. The fraction of sp³-hybridized carbons (Fsp3) is 0.571. The molecular weight excluding hydrogens is 400 g/mol. The Bertz CT molecular complexity index is 822. The number of hydrogen-bond donors (Lipinski definition) is 2. The van der Waals surface area contributed by atoms with Gasteiger partial charge in [-0.3, -0.25) is 4.99 Å². The summed E-state index contributed by atoms with van der Waals surface area (Å²) in [5, 5.41) is 16.4. The van der Waals surface area contributed by atoms with Crippen LogP contribution in [0.1, 0.15) is 31.7 Å². The van der Waals surface area contributed by atoms with E-state index in [4.69, 9.17) is 9.47 Å². The van der Waals surface area contributed by atoms with Crippen LogP contribution in [0.2, 0.25) is 0 Å². The van der Waals surface area contributed by atoms with Crippen molar-refractivity contribution in [3.63, 3.8) is 0 Å². The van der Waals surface area contributed by atoms with Gasteiger partial charge in [0.2, 0.25) is 0 Å². The first-order valence-electron chi connectivity index (χ1n) is 10.1. The number of benzene rings is 1. The van der Waals surface area contributed by atoms with Crippen LogP contribution in [0.4, 0.5) is 0 Å². The summed E-state index contributed by atoms with van der Waals surface area (Å²) < 4.78 is 12.9. The van der Waals surface area contributed by atoms with Crippen molar-refractivity contribution < 1.29 is 9.47 Å². The minimum Gasteiger partial charge on any atom is -0.497 e. The Morgan fingerprint density at radius 2 is 2.00 bits per heavy atom. The van der Waals surface area contributed by atoms with Crippen molar-refractivity contribution in [2.45, 2.75) is 44.9 Å². The Morgan fingerprint density at radius 1 is 1.20 bits per heavy atom. The largest absolute Gasteiger partial charge is 0.497 e. The van der Waals surface area contributed by atoms with Crippen molar-refractivity contribution in [3.05, 3.63) is 29.6 Å². The average Bonchev–Trinajstić information content (AvgIpc) is 3.13. The van der Waals surface area contributed by atoms with Gasteiger partial charge in [0.1, 0.15) is 17.3 Å². The van der Waals surface area contributed by atoms with Crippen molar-refractivity contribution in [1.29, 1.82) is 0 Å². The highest BCUT2D eigenvalue weighted by atomic mass is 32.2. The summed E-state index contributed by atoms with van der Waals surface area (Å²) >= 11 is 1.64. The van der Waals surface area contributed by atoms with Gasteiger partial charge in [0.15, 0.2) is 11.1 Å². The summed E-state index contributed by atoms with van der Waals surface area (Å²) in [7, 11) is 5.07. The maximum atomic E-state index is 5.45. The third kappa shape index (κ3) is 6.83. The van der Waals surface area contributed by atoms with Crippen LogP contribution in [0.25, 0.3) is 0 Å². The minimum atomic E-state index is 0.557. The predicted molar refractivity (Wildman–Crippen MR) is 123 cm³/mol. The number of aromatic nitrogens is 3. The number of aryl methyl sites for hydroxylation is 1. The van der Waals surface area contributed by atoms with Crippen molar-refractivity contribution in [2.75, 3.05) is 34.1 Å². The van der Waals surface area contributed by atoms with Gasteiger partial charge >= 0.3 is 0 Å². The Morgan fingerprint density at radius 3 is 2.63 bits per heavy atom. The van der Waals surface area contributed by atoms with Gasteiger partial charge in [0, 0.05) is 44.7 Å². The van der Waals surface area contributed by atoms with Crippen LogP contribution >= 0.6 is 11.8 Å². The van der Waals surface area contributed by atoms with Crippen LogP contribution in [0.15, 0.2) is 28.3 Å². The molecule has 0 aliphatic heterocycles. The molecule has 0 saturated heterocycles. The molecule has 0 fully saturated rings. The molecule has 30 heavy (non-hydrogen) atoms. The molecule has 0 bridgehead atoms. The van der Waals surface area contributed by atoms with Crippen LogP contribution in [0, 0.1) is 5.92 Å². The van der Waals surface area contributed by atoms with Crippen LogP contribution in [0.5, 0.6) is 11.5 Å². The highest BCUT2D eigenvalue weighted by molar-refractivity contribution is 7.98. The smallest absolute Gasteiger partial charge is 0.191 e. The average molecular weight is 435 g/mol. The maximum absolute atomic E-state index is 5.45. The molecule has 8 nitrogen and oxygen atoms in total. The molecule has 166 valence electrons. The Labute approximate surface area is 183 Å². The zero-order valence-electron chi connectivity index (χ0n) is 18.9. The first-order valence-corrected chi connectivity index (χ1v) is 11.4. The number of ether oxygens (including phenoxy) is 2. The third-order valence-electron chi connectivity index (χ3n) is 4.56. The monoisotopic (exact) mass is 434 g/mol. The number of methoxy groups -OCH3 is 2. The first kappa shape index (κ1) is 23.9. The van der Waals surface area contributed by atoms with E-state index in [-0.39, 0.29) is 0 Å². The van der Waals surface area contributed by atoms with Crippen molar-refractivity contribution in [2.24, 2.45) is 10.9 Å². The van der Waals surface area contributed by atoms with Crippen LogP contribution in [-0.2, 0) is 19.5 Å². The van der Waals surface area contributed by atoms with Crippen LogP contribution in [0.3, 0.4) is 0 Å². The molecule has 1 aromatic carbocycles. The highest BCUT2D eigenvalue weighted by Gasteiger charge is 2.12. The molecule has 0 amide bonds. The third-order valence-corrected chi connectivity index (χ3v) is 5.22. The van der Waals surface area contributed by atoms with E-state index in [9.17, 15) is 0 Å². The normalized spacial score (nSPS) is 11.6. The fourth-order valence-electron chi connectivity index (χ4n) is 3.05. The number of nitrogens with zero attached hydrogens (tertiary/aromatic N) is 4. The van der Waals surface area contributed by atoms with E-state index in [1.54, 1.807) is 33.0 Å². The Balaban J connectivity index is 1.84. The second-order valence-electron chi connectivity index (χ2n) is 7.24. The molecule has 2 rings (SSSR count). The minimum absolute atomic E-state index is 0.557. The molecule has 0 spiro atoms. The topological polar surface area (TPSA) is 85.6 Å². The summed E-state index contributed by atoms with van der Waals surface area (Å²) in [6.45, 7) is 6.76. The molecular formula is C21H34N6O2S. The summed E-state index contributed by atoms with van der Waals surface area (Å²) in [6.07, 6.45) is 3.85. The van der Waals surface area contributed by atoms with E-state index >= 15 is 0 Å². The zero-order valence-corrected chi connectivity index (χ0v) is 19.7. The standard InChI is InChI=1S/C21H34N6O2S/c1-15(2)14-27-19(25-26-21(27)30-6)8-7-11-23-20(22-3)24-13-16-9-10-17(28-4)12-18(16)29-5/h9-10,12,15H,7-8,11,13-14H2,1-6H3,(H2,22,23,24). The molecule has 0 aliphatic carbocycles. The quantitative estimate of drug-likeness (QED) is 0.243. The number of rotatable bonds is 11. The van der Waals surface area contributed by atoms with Gasteiger partial charge in [0.25, 0.3) is 0 Å². The number of nitrogens with one attached hydrogen (secondary N) is 2. The molecule has 0 aliphatic rings. The molecule has 1 heterocycles. The lowest BCUT2D eigenvalue weighted by atomic mass is 10.2. The number of aliphatic imine (C=N–C) groups is 1. The van der Waals surface area contributed by atoms with E-state index < -0.39 is 0 Å². The molecule has 0 unspecified atom stereocenters. The second-order valence-corrected chi connectivity index (χ2v) is 8.01. The summed E-state index contributed by atoms with van der Waals surface area (Å²) in [4.78, 5) is 4.30. The van der Waals surface area contributed by atoms with Crippen molar-refractivity contribution in [3.8, 4) is 11.5 Å². The zero-order chi connectivity index (χ0) is 21.9. The second kappa shape index (κ2) is 12.3. The van der Waals surface area contributed by atoms with Crippen LogP contribution < -0.4 is 20.1 Å². The van der Waals surface area contributed by atoms with Gasteiger partial charge in [0.05, 0.1) is 14.2 Å². The lowest BCUT2D eigenvalue weighted by molar-refractivity contribution is 0.390. The Hall–Kier alpha value is -2.42. The SMILES string of the molecule is CN=C(NCCCc1nnc(SC)n1CC(C)C)NCc1ccc(OC)cc1OC. The lowest BCUT2D eigenvalue weighted by Crippen LogP contribution is -2.37. The van der Waals surface area contributed by atoms with Gasteiger partial charge in [-0.15, -0.1) is 10.2 Å². The molecule has 0 atom stereocenters. The van der Waals surface area contributed by atoms with Gasteiger partial charge in [-0.2, -0.15) is 0 Å². The number of hydrogen-bond acceptors (Lipinski definition) is 6. The lowest BCUT2D eigenvalue weighted by Gasteiger charge is -2.15. The van der Waals surface area contributed by atoms with Gasteiger partial charge in [-0.05, 0) is 30.7 Å².